The summed E-state index contributed by atoms with van der Waals surface area (Å²) in [5.74, 6) is 0.477. The molecule has 110 valence electrons. The average molecular weight is 313 g/mol. The van der Waals surface area contributed by atoms with E-state index in [9.17, 15) is 4.79 Å². The Labute approximate surface area is 132 Å². The van der Waals surface area contributed by atoms with Gasteiger partial charge in [-0.15, -0.1) is 0 Å². The molecule has 5 heteroatoms. The van der Waals surface area contributed by atoms with Gasteiger partial charge in [0.1, 0.15) is 11.4 Å². The lowest BCUT2D eigenvalue weighted by Crippen LogP contribution is -2.13. The van der Waals surface area contributed by atoms with Crippen LogP contribution in [0.1, 0.15) is 10.5 Å². The van der Waals surface area contributed by atoms with Crippen LogP contribution in [0.5, 0.6) is 5.75 Å². The minimum atomic E-state index is -0.278. The normalized spacial score (nSPS) is 10.5. The Kier molecular flexibility index (Phi) is 3.94. The zero-order chi connectivity index (χ0) is 15.5. The summed E-state index contributed by atoms with van der Waals surface area (Å²) in [6.07, 6.45) is 0. The van der Waals surface area contributed by atoms with Crippen LogP contribution in [0.15, 0.2) is 54.6 Å². The van der Waals surface area contributed by atoms with Crippen LogP contribution in [0, 0.1) is 0 Å². The van der Waals surface area contributed by atoms with Gasteiger partial charge in [0.2, 0.25) is 0 Å². The quantitative estimate of drug-likeness (QED) is 0.790. The van der Waals surface area contributed by atoms with E-state index in [1.165, 1.54) is 0 Å². The van der Waals surface area contributed by atoms with Gasteiger partial charge in [0.15, 0.2) is 0 Å². The van der Waals surface area contributed by atoms with Crippen molar-refractivity contribution in [2.45, 2.75) is 0 Å². The van der Waals surface area contributed by atoms with Gasteiger partial charge < -0.3 is 10.1 Å². The molecule has 22 heavy (non-hydrogen) atoms. The molecule has 0 saturated carbocycles. The summed E-state index contributed by atoms with van der Waals surface area (Å²) in [5, 5.41) is 4.26. The second-order valence-electron chi connectivity index (χ2n) is 4.72. The molecule has 3 aromatic rings. The molecule has 1 N–H and O–H groups in total. The zero-order valence-electron chi connectivity index (χ0n) is 11.8. The third kappa shape index (κ3) is 3.02. The Morgan fingerprint density at radius 1 is 1.14 bits per heavy atom. The second kappa shape index (κ2) is 6.03. The molecule has 1 aromatic heterocycles. The summed E-state index contributed by atoms with van der Waals surface area (Å²) >= 11 is 5.90. The van der Waals surface area contributed by atoms with Crippen molar-refractivity contribution < 1.29 is 9.53 Å². The number of methoxy groups -OCH3 is 1. The number of pyridine rings is 1. The van der Waals surface area contributed by atoms with Crippen molar-refractivity contribution in [1.82, 2.24) is 4.98 Å². The minimum Gasteiger partial charge on any atom is -0.497 e. The molecule has 4 nitrogen and oxygen atoms in total. The summed E-state index contributed by atoms with van der Waals surface area (Å²) in [7, 11) is 1.61. The number of halogens is 1. The maximum atomic E-state index is 12.3. The van der Waals surface area contributed by atoms with E-state index in [0.717, 1.165) is 16.7 Å². The summed E-state index contributed by atoms with van der Waals surface area (Å²) in [5.41, 5.74) is 1.71. The number of carbonyl (C=O) groups is 1. The molecule has 0 atom stereocenters. The first-order valence-corrected chi connectivity index (χ1v) is 7.05. The second-order valence-corrected chi connectivity index (χ2v) is 5.16. The molecular formula is C17H13ClN2O2. The monoisotopic (exact) mass is 312 g/mol. The van der Waals surface area contributed by atoms with E-state index >= 15 is 0 Å². The van der Waals surface area contributed by atoms with Crippen LogP contribution < -0.4 is 10.1 Å². The number of anilines is 1. The first-order valence-electron chi connectivity index (χ1n) is 6.67. The van der Waals surface area contributed by atoms with Crippen LogP contribution in [-0.2, 0) is 0 Å². The fourth-order valence-corrected chi connectivity index (χ4v) is 2.31. The lowest BCUT2D eigenvalue weighted by molar-refractivity contribution is 0.102. The predicted octanol–water partition coefficient (Wildman–Crippen LogP) is 4.15. The number of carbonyl (C=O) groups excluding carboxylic acids is 1. The lowest BCUT2D eigenvalue weighted by Gasteiger charge is -2.07. The first kappa shape index (κ1) is 14.4. The summed E-state index contributed by atoms with van der Waals surface area (Å²) < 4.78 is 5.17. The van der Waals surface area contributed by atoms with Crippen LogP contribution in [0.4, 0.5) is 5.69 Å². The topological polar surface area (TPSA) is 51.2 Å². The maximum Gasteiger partial charge on any atom is 0.274 e. The molecule has 0 saturated heterocycles. The summed E-state index contributed by atoms with van der Waals surface area (Å²) in [6, 6.07) is 16.0. The van der Waals surface area contributed by atoms with Crippen molar-refractivity contribution in [3.05, 3.63) is 65.3 Å². The maximum absolute atomic E-state index is 12.3. The lowest BCUT2D eigenvalue weighted by atomic mass is 10.2. The number of hydrogen-bond donors (Lipinski definition) is 1. The van der Waals surface area contributed by atoms with Crippen LogP contribution in [0.3, 0.4) is 0 Å². The van der Waals surface area contributed by atoms with Crippen molar-refractivity contribution in [1.29, 1.82) is 0 Å². The van der Waals surface area contributed by atoms with E-state index in [0.29, 0.717) is 16.4 Å². The van der Waals surface area contributed by atoms with Crippen molar-refractivity contribution in [2.75, 3.05) is 12.4 Å². The Hall–Kier alpha value is -2.59. The third-order valence-electron chi connectivity index (χ3n) is 3.21. The molecule has 0 aliphatic carbocycles. The van der Waals surface area contributed by atoms with Gasteiger partial charge in [0.25, 0.3) is 5.91 Å². The largest absolute Gasteiger partial charge is 0.497 e. The van der Waals surface area contributed by atoms with Gasteiger partial charge in [-0.05, 0) is 42.5 Å². The first-order chi connectivity index (χ1) is 10.7. The minimum absolute atomic E-state index is 0.278. The van der Waals surface area contributed by atoms with Crippen molar-refractivity contribution >= 4 is 34.1 Å². The average Bonchev–Trinajstić information content (AvgIpc) is 2.53. The van der Waals surface area contributed by atoms with Crippen LogP contribution in [0.2, 0.25) is 5.02 Å². The highest BCUT2D eigenvalue weighted by molar-refractivity contribution is 6.30. The van der Waals surface area contributed by atoms with Gasteiger partial charge in [-0.2, -0.15) is 0 Å². The summed E-state index contributed by atoms with van der Waals surface area (Å²) in [6.45, 7) is 0. The molecule has 0 radical (unpaired) electrons. The number of rotatable bonds is 3. The molecule has 0 unspecified atom stereocenters. The molecular weight excluding hydrogens is 300 g/mol. The smallest absolute Gasteiger partial charge is 0.274 e. The number of aromatic nitrogens is 1. The van der Waals surface area contributed by atoms with Crippen molar-refractivity contribution in [2.24, 2.45) is 0 Å². The molecule has 0 spiro atoms. The zero-order valence-corrected chi connectivity index (χ0v) is 12.6. The van der Waals surface area contributed by atoms with Crippen LogP contribution in [0.25, 0.3) is 10.9 Å². The van der Waals surface area contributed by atoms with Gasteiger partial charge in [-0.1, -0.05) is 23.7 Å². The van der Waals surface area contributed by atoms with Crippen LogP contribution in [-0.4, -0.2) is 18.0 Å². The van der Waals surface area contributed by atoms with Gasteiger partial charge in [-0.3, -0.25) is 4.79 Å². The standard InChI is InChI=1S/C17H13ClN2O2/c1-22-14-6-8-15-11(9-14)5-7-16(20-15)17(21)19-13-4-2-3-12(18)10-13/h2-10H,1H3,(H,19,21). The highest BCUT2D eigenvalue weighted by atomic mass is 35.5. The number of nitrogens with one attached hydrogen (secondary N) is 1. The van der Waals surface area contributed by atoms with Crippen molar-refractivity contribution in [3.8, 4) is 5.75 Å². The van der Waals surface area contributed by atoms with E-state index in [-0.39, 0.29) is 5.91 Å². The van der Waals surface area contributed by atoms with Gasteiger partial charge in [0, 0.05) is 16.1 Å². The molecule has 1 heterocycles. The Morgan fingerprint density at radius 3 is 2.77 bits per heavy atom. The van der Waals surface area contributed by atoms with E-state index in [4.69, 9.17) is 16.3 Å². The number of benzene rings is 2. The van der Waals surface area contributed by atoms with E-state index in [2.05, 4.69) is 10.3 Å². The highest BCUT2D eigenvalue weighted by Crippen LogP contribution is 2.20. The Balaban J connectivity index is 1.87. The fraction of sp³-hybridized carbons (Fsp3) is 0.0588. The number of hydrogen-bond acceptors (Lipinski definition) is 3. The number of fused-ring (bicyclic) bond motifs is 1. The number of nitrogens with zero attached hydrogens (tertiary/aromatic N) is 1. The third-order valence-corrected chi connectivity index (χ3v) is 3.45. The molecule has 3 rings (SSSR count). The van der Waals surface area contributed by atoms with Crippen LogP contribution >= 0.6 is 11.6 Å². The number of amides is 1. The Bertz CT molecular complexity index is 849. The van der Waals surface area contributed by atoms with E-state index in [1.54, 1.807) is 37.4 Å². The number of ether oxygens (including phenoxy) is 1. The molecule has 0 fully saturated rings. The van der Waals surface area contributed by atoms with Gasteiger partial charge in [0.05, 0.1) is 12.6 Å². The SMILES string of the molecule is COc1ccc2nc(C(=O)Nc3cccc(Cl)c3)ccc2c1. The van der Waals surface area contributed by atoms with E-state index in [1.807, 2.05) is 24.3 Å². The van der Waals surface area contributed by atoms with Gasteiger partial charge >= 0.3 is 0 Å². The molecule has 0 bridgehead atoms. The van der Waals surface area contributed by atoms with Crippen molar-refractivity contribution in [3.63, 3.8) is 0 Å². The Morgan fingerprint density at radius 2 is 2.00 bits per heavy atom. The molecule has 0 aliphatic rings. The molecule has 0 aliphatic heterocycles. The van der Waals surface area contributed by atoms with E-state index < -0.39 is 0 Å². The fourth-order valence-electron chi connectivity index (χ4n) is 2.12. The molecule has 1 amide bonds. The summed E-state index contributed by atoms with van der Waals surface area (Å²) in [4.78, 5) is 16.6. The highest BCUT2D eigenvalue weighted by Gasteiger charge is 2.09. The van der Waals surface area contributed by atoms with Gasteiger partial charge in [-0.25, -0.2) is 4.98 Å². The molecule has 2 aromatic carbocycles. The predicted molar refractivity (Wildman–Crippen MR) is 87.7 cm³/mol.